The van der Waals surface area contributed by atoms with E-state index in [1.165, 1.54) is 18.3 Å². The third-order valence-corrected chi connectivity index (χ3v) is 6.99. The van der Waals surface area contributed by atoms with Crippen LogP contribution in [0.3, 0.4) is 0 Å². The molecule has 0 heterocycles. The number of carbonyl (C=O) groups excluding carboxylic acids is 2. The Morgan fingerprint density at radius 2 is 1.66 bits per heavy atom. The molecule has 0 fully saturated rings. The van der Waals surface area contributed by atoms with Gasteiger partial charge in [-0.1, -0.05) is 33.6 Å². The number of amides is 2. The van der Waals surface area contributed by atoms with Crippen molar-refractivity contribution < 1.29 is 22.7 Å². The number of aryl methyl sites for hydroxylation is 1. The Labute approximate surface area is 211 Å². The maximum absolute atomic E-state index is 13.3. The van der Waals surface area contributed by atoms with E-state index in [0.717, 1.165) is 14.3 Å². The third kappa shape index (κ3) is 7.39. The van der Waals surface area contributed by atoms with Gasteiger partial charge in [0.25, 0.3) is 21.8 Å². The predicted molar refractivity (Wildman–Crippen MR) is 137 cm³/mol. The Balaban J connectivity index is 1.72. The summed E-state index contributed by atoms with van der Waals surface area (Å²) in [6.45, 7) is 1.15. The number of sulfonamides is 1. The van der Waals surface area contributed by atoms with Crippen LogP contribution in [0.25, 0.3) is 0 Å². The second-order valence-electron chi connectivity index (χ2n) is 7.42. The van der Waals surface area contributed by atoms with Gasteiger partial charge in [-0.25, -0.2) is 13.8 Å². The minimum Gasteiger partial charge on any atom is -0.484 e. The Morgan fingerprint density at radius 1 is 1.03 bits per heavy atom. The fourth-order valence-electron chi connectivity index (χ4n) is 2.91. The lowest BCUT2D eigenvalue weighted by Gasteiger charge is -2.23. The molecule has 0 bridgehead atoms. The number of benzene rings is 3. The molecule has 0 radical (unpaired) electrons. The standard InChI is InChI=1S/C24H23BrN4O5S/c1-17-2-12-22(13-3-17)35(32,33)29(20-8-6-19(25)7-9-20)15-24(31)28-27-14-18-4-10-21(11-5-18)34-16-23(26)30/h2-14H,15-16H2,1H3,(H2,26,30)(H,28,31)/b27-14-. The maximum Gasteiger partial charge on any atom is 0.264 e. The second-order valence-corrected chi connectivity index (χ2v) is 10.2. The van der Waals surface area contributed by atoms with E-state index in [9.17, 15) is 18.0 Å². The molecule has 9 nitrogen and oxygen atoms in total. The summed E-state index contributed by atoms with van der Waals surface area (Å²) in [6, 6.07) is 19.6. The number of nitrogens with two attached hydrogens (primary N) is 1. The lowest BCUT2D eigenvalue weighted by Crippen LogP contribution is -2.39. The summed E-state index contributed by atoms with van der Waals surface area (Å²) in [5.74, 6) is -0.752. The van der Waals surface area contributed by atoms with Gasteiger partial charge in [-0.05, 0) is 73.2 Å². The molecule has 35 heavy (non-hydrogen) atoms. The molecule has 3 aromatic rings. The van der Waals surface area contributed by atoms with Crippen LogP contribution in [0.4, 0.5) is 5.69 Å². The zero-order valence-electron chi connectivity index (χ0n) is 18.7. The van der Waals surface area contributed by atoms with Crippen molar-refractivity contribution in [3.05, 3.63) is 88.4 Å². The molecule has 0 spiro atoms. The van der Waals surface area contributed by atoms with Gasteiger partial charge >= 0.3 is 0 Å². The molecular formula is C24H23BrN4O5S. The van der Waals surface area contributed by atoms with Crippen LogP contribution in [-0.2, 0) is 19.6 Å². The van der Waals surface area contributed by atoms with Gasteiger partial charge in [-0.2, -0.15) is 5.10 Å². The Kier molecular flexibility index (Phi) is 8.61. The number of carbonyl (C=O) groups is 2. The van der Waals surface area contributed by atoms with Crippen molar-refractivity contribution >= 4 is 49.7 Å². The second kappa shape index (κ2) is 11.6. The summed E-state index contributed by atoms with van der Waals surface area (Å²) in [6.07, 6.45) is 1.40. The van der Waals surface area contributed by atoms with Crippen LogP contribution < -0.4 is 20.2 Å². The summed E-state index contributed by atoms with van der Waals surface area (Å²) in [5.41, 5.74) is 9.29. The van der Waals surface area contributed by atoms with Crippen LogP contribution in [0.15, 0.2) is 87.3 Å². The van der Waals surface area contributed by atoms with Crippen molar-refractivity contribution in [1.82, 2.24) is 5.43 Å². The van der Waals surface area contributed by atoms with Crippen molar-refractivity contribution in [3.8, 4) is 5.75 Å². The molecule has 11 heteroatoms. The Bertz CT molecular complexity index is 1310. The normalized spacial score (nSPS) is 11.3. The van der Waals surface area contributed by atoms with Crippen LogP contribution in [-0.4, -0.2) is 39.6 Å². The molecule has 2 amide bonds. The van der Waals surface area contributed by atoms with Gasteiger partial charge in [0.05, 0.1) is 16.8 Å². The van der Waals surface area contributed by atoms with Gasteiger partial charge in [0.1, 0.15) is 12.3 Å². The van der Waals surface area contributed by atoms with Gasteiger partial charge < -0.3 is 10.5 Å². The van der Waals surface area contributed by atoms with Gasteiger partial charge in [-0.3, -0.25) is 13.9 Å². The van der Waals surface area contributed by atoms with Crippen molar-refractivity contribution in [3.63, 3.8) is 0 Å². The number of nitrogens with zero attached hydrogens (tertiary/aromatic N) is 2. The van der Waals surface area contributed by atoms with E-state index in [1.807, 2.05) is 6.92 Å². The Morgan fingerprint density at radius 3 is 2.26 bits per heavy atom. The van der Waals surface area contributed by atoms with Crippen LogP contribution in [0, 0.1) is 6.92 Å². The third-order valence-electron chi connectivity index (χ3n) is 4.67. The monoisotopic (exact) mass is 558 g/mol. The molecule has 0 aromatic heterocycles. The van der Waals surface area contributed by atoms with Crippen molar-refractivity contribution in [2.75, 3.05) is 17.5 Å². The van der Waals surface area contributed by atoms with Crippen LogP contribution in [0.2, 0.25) is 0 Å². The van der Waals surface area contributed by atoms with E-state index in [1.54, 1.807) is 60.7 Å². The molecule has 182 valence electrons. The number of rotatable bonds is 10. The molecule has 0 saturated heterocycles. The van der Waals surface area contributed by atoms with Crippen molar-refractivity contribution in [2.24, 2.45) is 10.8 Å². The molecule has 0 saturated carbocycles. The van der Waals surface area contributed by atoms with Gasteiger partial charge in [0, 0.05) is 4.47 Å². The van der Waals surface area contributed by atoms with Crippen molar-refractivity contribution in [1.29, 1.82) is 0 Å². The van der Waals surface area contributed by atoms with Crippen molar-refractivity contribution in [2.45, 2.75) is 11.8 Å². The minimum absolute atomic E-state index is 0.0703. The quantitative estimate of drug-likeness (QED) is 0.291. The zero-order valence-corrected chi connectivity index (χ0v) is 21.1. The van der Waals surface area contributed by atoms with Gasteiger partial charge in [0.15, 0.2) is 6.61 Å². The number of halogens is 1. The summed E-state index contributed by atoms with van der Waals surface area (Å²) >= 11 is 3.33. The Hall–Kier alpha value is -3.70. The van der Waals surface area contributed by atoms with E-state index >= 15 is 0 Å². The average molecular weight is 559 g/mol. The predicted octanol–water partition coefficient (Wildman–Crippen LogP) is 2.97. The zero-order chi connectivity index (χ0) is 25.4. The fourth-order valence-corrected chi connectivity index (χ4v) is 4.59. The van der Waals surface area contributed by atoms with Gasteiger partial charge in [-0.15, -0.1) is 0 Å². The minimum atomic E-state index is -4.01. The first-order valence-corrected chi connectivity index (χ1v) is 12.6. The summed E-state index contributed by atoms with van der Waals surface area (Å²) in [5, 5.41) is 3.90. The van der Waals surface area contributed by atoms with E-state index in [-0.39, 0.29) is 11.5 Å². The van der Waals surface area contributed by atoms with E-state index in [2.05, 4.69) is 26.5 Å². The number of primary amides is 1. The molecular weight excluding hydrogens is 536 g/mol. The molecule has 3 N–H and O–H groups in total. The number of hydrogen-bond donors (Lipinski definition) is 2. The highest BCUT2D eigenvalue weighted by atomic mass is 79.9. The first-order valence-electron chi connectivity index (χ1n) is 10.3. The topological polar surface area (TPSA) is 131 Å². The first kappa shape index (κ1) is 25.9. The molecule has 0 aliphatic carbocycles. The highest BCUT2D eigenvalue weighted by Gasteiger charge is 2.27. The van der Waals surface area contributed by atoms with Crippen LogP contribution in [0.1, 0.15) is 11.1 Å². The lowest BCUT2D eigenvalue weighted by atomic mass is 10.2. The SMILES string of the molecule is Cc1ccc(S(=O)(=O)N(CC(=O)N/N=C\c2ccc(OCC(N)=O)cc2)c2ccc(Br)cc2)cc1. The maximum atomic E-state index is 13.3. The van der Waals surface area contributed by atoms with E-state index in [0.29, 0.717) is 17.0 Å². The molecule has 0 aliphatic heterocycles. The summed E-state index contributed by atoms with van der Waals surface area (Å²) < 4.78 is 33.7. The molecule has 3 rings (SSSR count). The number of nitrogens with one attached hydrogen (secondary N) is 1. The largest absolute Gasteiger partial charge is 0.484 e. The molecule has 0 unspecified atom stereocenters. The lowest BCUT2D eigenvalue weighted by molar-refractivity contribution is -0.120. The average Bonchev–Trinajstić information content (AvgIpc) is 2.83. The summed E-state index contributed by atoms with van der Waals surface area (Å²) in [4.78, 5) is 23.5. The van der Waals surface area contributed by atoms with Crippen LogP contribution >= 0.6 is 15.9 Å². The number of ether oxygens (including phenoxy) is 1. The highest BCUT2D eigenvalue weighted by Crippen LogP contribution is 2.25. The molecule has 0 atom stereocenters. The van der Waals surface area contributed by atoms with Crippen LogP contribution in [0.5, 0.6) is 5.75 Å². The number of hydrazone groups is 1. The first-order chi connectivity index (χ1) is 16.6. The van der Waals surface area contributed by atoms with E-state index < -0.39 is 28.4 Å². The summed E-state index contributed by atoms with van der Waals surface area (Å²) in [7, 11) is -4.01. The molecule has 0 aliphatic rings. The number of anilines is 1. The highest BCUT2D eigenvalue weighted by molar-refractivity contribution is 9.10. The molecule has 3 aromatic carbocycles. The smallest absolute Gasteiger partial charge is 0.264 e. The van der Waals surface area contributed by atoms with E-state index in [4.69, 9.17) is 10.5 Å². The number of hydrogen-bond acceptors (Lipinski definition) is 6. The fraction of sp³-hybridized carbons (Fsp3) is 0.125. The van der Waals surface area contributed by atoms with Gasteiger partial charge in [0.2, 0.25) is 0 Å².